The minimum Gasteiger partial charge on any atom is -0.497 e. The van der Waals surface area contributed by atoms with E-state index in [-0.39, 0.29) is 12.1 Å². The summed E-state index contributed by atoms with van der Waals surface area (Å²) in [6.45, 7) is 7.65. The number of piperazine rings is 1. The van der Waals surface area contributed by atoms with Crippen molar-refractivity contribution in [1.29, 1.82) is 0 Å². The Kier molecular flexibility index (Phi) is 5.94. The molecule has 0 aliphatic carbocycles. The first-order valence-corrected chi connectivity index (χ1v) is 8.24. The molecular weight excluding hydrogens is 308 g/mol. The molecule has 6 heteroatoms. The minimum absolute atomic E-state index is 0.146. The zero-order valence-electron chi connectivity index (χ0n) is 15.2. The molecule has 1 aliphatic heterocycles. The number of amides is 1. The van der Waals surface area contributed by atoms with Gasteiger partial charge in [0.1, 0.15) is 17.1 Å². The molecule has 2 rings (SSSR count). The maximum absolute atomic E-state index is 12.3. The Morgan fingerprint density at radius 3 is 2.67 bits per heavy atom. The van der Waals surface area contributed by atoms with Crippen LogP contribution in [0.4, 0.5) is 4.79 Å². The third-order valence-corrected chi connectivity index (χ3v) is 3.86. The van der Waals surface area contributed by atoms with E-state index in [1.807, 2.05) is 39.0 Å². The molecular formula is C18H28N2O4. The van der Waals surface area contributed by atoms with Crippen LogP contribution < -0.4 is 14.8 Å². The van der Waals surface area contributed by atoms with Gasteiger partial charge in [0.15, 0.2) is 0 Å². The Morgan fingerprint density at radius 1 is 1.29 bits per heavy atom. The molecule has 1 aromatic carbocycles. The van der Waals surface area contributed by atoms with E-state index in [0.717, 1.165) is 30.0 Å². The Labute approximate surface area is 144 Å². The molecule has 0 spiro atoms. The van der Waals surface area contributed by atoms with Gasteiger partial charge in [0.05, 0.1) is 14.2 Å². The molecule has 1 saturated heterocycles. The second kappa shape index (κ2) is 7.75. The number of nitrogens with one attached hydrogen (secondary N) is 1. The number of benzene rings is 1. The third kappa shape index (κ3) is 5.03. The van der Waals surface area contributed by atoms with Crippen molar-refractivity contribution in [2.24, 2.45) is 0 Å². The van der Waals surface area contributed by atoms with Crippen LogP contribution in [0, 0.1) is 0 Å². The van der Waals surface area contributed by atoms with Crippen LogP contribution in [0.25, 0.3) is 0 Å². The standard InChI is InChI=1S/C18H28N2O4/c1-18(2,3)24-17(21)20-9-8-19-14(12-20)10-13-11-15(22-4)6-7-16(13)23-5/h6-7,11,14,19H,8-10,12H2,1-5H3. The predicted molar refractivity (Wildman–Crippen MR) is 92.8 cm³/mol. The van der Waals surface area contributed by atoms with E-state index in [2.05, 4.69) is 5.32 Å². The molecule has 1 unspecified atom stereocenters. The van der Waals surface area contributed by atoms with Crippen LogP contribution in [-0.2, 0) is 11.2 Å². The van der Waals surface area contributed by atoms with Gasteiger partial charge in [-0.05, 0) is 51.0 Å². The van der Waals surface area contributed by atoms with Crippen molar-refractivity contribution in [2.45, 2.75) is 38.8 Å². The van der Waals surface area contributed by atoms with E-state index in [4.69, 9.17) is 14.2 Å². The van der Waals surface area contributed by atoms with Gasteiger partial charge >= 0.3 is 6.09 Å². The average molecular weight is 336 g/mol. The lowest BCUT2D eigenvalue weighted by molar-refractivity contribution is 0.0195. The predicted octanol–water partition coefficient (Wildman–Crippen LogP) is 2.46. The van der Waals surface area contributed by atoms with Crippen LogP contribution in [0.15, 0.2) is 18.2 Å². The van der Waals surface area contributed by atoms with Crippen LogP contribution >= 0.6 is 0 Å². The number of hydrogen-bond acceptors (Lipinski definition) is 5. The Morgan fingerprint density at radius 2 is 2.04 bits per heavy atom. The number of nitrogens with zero attached hydrogens (tertiary/aromatic N) is 1. The maximum Gasteiger partial charge on any atom is 0.410 e. The zero-order chi connectivity index (χ0) is 17.7. The lowest BCUT2D eigenvalue weighted by Crippen LogP contribution is -2.54. The maximum atomic E-state index is 12.3. The molecule has 1 heterocycles. The third-order valence-electron chi connectivity index (χ3n) is 3.86. The van der Waals surface area contributed by atoms with Crippen LogP contribution in [-0.4, -0.2) is 56.5 Å². The fraction of sp³-hybridized carbons (Fsp3) is 0.611. The second-order valence-electron chi connectivity index (χ2n) is 6.96. The number of hydrogen-bond donors (Lipinski definition) is 1. The van der Waals surface area contributed by atoms with Gasteiger partial charge in [-0.3, -0.25) is 0 Å². The van der Waals surface area contributed by atoms with Crippen LogP contribution in [0.1, 0.15) is 26.3 Å². The van der Waals surface area contributed by atoms with Crippen LogP contribution in [0.2, 0.25) is 0 Å². The van der Waals surface area contributed by atoms with Crippen molar-refractivity contribution >= 4 is 6.09 Å². The van der Waals surface area contributed by atoms with Gasteiger partial charge in [-0.25, -0.2) is 4.79 Å². The highest BCUT2D eigenvalue weighted by atomic mass is 16.6. The van der Waals surface area contributed by atoms with Crippen LogP contribution in [0.5, 0.6) is 11.5 Å². The SMILES string of the molecule is COc1ccc(OC)c(CC2CN(C(=O)OC(C)(C)C)CCN2)c1. The number of carbonyl (C=O) groups is 1. The average Bonchev–Trinajstić information content (AvgIpc) is 2.53. The fourth-order valence-corrected chi connectivity index (χ4v) is 2.76. The summed E-state index contributed by atoms with van der Waals surface area (Å²) < 4.78 is 16.2. The molecule has 0 bridgehead atoms. The van der Waals surface area contributed by atoms with Crippen molar-refractivity contribution in [3.05, 3.63) is 23.8 Å². The monoisotopic (exact) mass is 336 g/mol. The molecule has 1 aliphatic rings. The molecule has 0 aromatic heterocycles. The topological polar surface area (TPSA) is 60.0 Å². The van der Waals surface area contributed by atoms with Gasteiger partial charge in [0.25, 0.3) is 0 Å². The van der Waals surface area contributed by atoms with E-state index in [1.165, 1.54) is 0 Å². The minimum atomic E-state index is -0.479. The molecule has 1 atom stereocenters. The molecule has 0 radical (unpaired) electrons. The second-order valence-corrected chi connectivity index (χ2v) is 6.96. The summed E-state index contributed by atoms with van der Waals surface area (Å²) in [6, 6.07) is 5.91. The van der Waals surface area contributed by atoms with Crippen LogP contribution in [0.3, 0.4) is 0 Å². The number of ether oxygens (including phenoxy) is 3. The van der Waals surface area contributed by atoms with Crippen molar-refractivity contribution in [3.8, 4) is 11.5 Å². The summed E-state index contributed by atoms with van der Waals surface area (Å²) in [5.74, 6) is 1.62. The van der Waals surface area contributed by atoms with Gasteiger partial charge in [0.2, 0.25) is 0 Å². The molecule has 24 heavy (non-hydrogen) atoms. The summed E-state index contributed by atoms with van der Waals surface area (Å²) >= 11 is 0. The largest absolute Gasteiger partial charge is 0.497 e. The number of methoxy groups -OCH3 is 2. The van der Waals surface area contributed by atoms with Gasteiger partial charge in [-0.1, -0.05) is 0 Å². The Balaban J connectivity index is 2.04. The Bertz CT molecular complexity index is 569. The highest BCUT2D eigenvalue weighted by Gasteiger charge is 2.27. The van der Waals surface area contributed by atoms with Crippen molar-refractivity contribution < 1.29 is 19.0 Å². The first-order chi connectivity index (χ1) is 11.3. The van der Waals surface area contributed by atoms with Crippen molar-refractivity contribution in [2.75, 3.05) is 33.9 Å². The highest BCUT2D eigenvalue weighted by molar-refractivity contribution is 5.68. The van der Waals surface area contributed by atoms with Gasteiger partial charge in [-0.2, -0.15) is 0 Å². The quantitative estimate of drug-likeness (QED) is 0.915. The highest BCUT2D eigenvalue weighted by Crippen LogP contribution is 2.25. The summed E-state index contributed by atoms with van der Waals surface area (Å²) in [7, 11) is 3.31. The Hall–Kier alpha value is -1.95. The molecule has 0 saturated carbocycles. The summed E-state index contributed by atoms with van der Waals surface area (Å²) in [4.78, 5) is 14.0. The summed E-state index contributed by atoms with van der Waals surface area (Å²) in [5.41, 5.74) is 0.577. The lowest BCUT2D eigenvalue weighted by Gasteiger charge is -2.35. The van der Waals surface area contributed by atoms with Gasteiger partial charge in [0, 0.05) is 25.7 Å². The molecule has 1 N–H and O–H groups in total. The van der Waals surface area contributed by atoms with E-state index in [1.54, 1.807) is 19.1 Å². The lowest BCUT2D eigenvalue weighted by atomic mass is 10.0. The van der Waals surface area contributed by atoms with E-state index >= 15 is 0 Å². The van der Waals surface area contributed by atoms with E-state index < -0.39 is 5.60 Å². The summed E-state index contributed by atoms with van der Waals surface area (Å²) in [6.07, 6.45) is 0.492. The summed E-state index contributed by atoms with van der Waals surface area (Å²) in [5, 5.41) is 3.46. The van der Waals surface area contributed by atoms with E-state index in [0.29, 0.717) is 13.1 Å². The van der Waals surface area contributed by atoms with Gasteiger partial charge < -0.3 is 24.4 Å². The smallest absolute Gasteiger partial charge is 0.410 e. The molecule has 1 amide bonds. The van der Waals surface area contributed by atoms with Crippen molar-refractivity contribution in [3.63, 3.8) is 0 Å². The van der Waals surface area contributed by atoms with E-state index in [9.17, 15) is 4.79 Å². The first-order valence-electron chi connectivity index (χ1n) is 8.24. The molecule has 1 fully saturated rings. The molecule has 6 nitrogen and oxygen atoms in total. The normalized spacial score (nSPS) is 18.2. The number of rotatable bonds is 4. The van der Waals surface area contributed by atoms with Gasteiger partial charge in [-0.15, -0.1) is 0 Å². The number of carbonyl (C=O) groups excluding carboxylic acids is 1. The zero-order valence-corrected chi connectivity index (χ0v) is 15.2. The molecule has 1 aromatic rings. The first kappa shape index (κ1) is 18.4. The molecule has 134 valence electrons. The fourth-order valence-electron chi connectivity index (χ4n) is 2.76. The van der Waals surface area contributed by atoms with Crippen molar-refractivity contribution in [1.82, 2.24) is 10.2 Å².